The number of fused-ring (bicyclic) bond motifs is 1. The van der Waals surface area contributed by atoms with Crippen LogP contribution in [-0.2, 0) is 0 Å². The average Bonchev–Trinajstić information content (AvgIpc) is 3.12. The van der Waals surface area contributed by atoms with E-state index in [1.807, 2.05) is 0 Å². The zero-order chi connectivity index (χ0) is 18.1. The number of ether oxygens (including phenoxy) is 2. The summed E-state index contributed by atoms with van der Waals surface area (Å²) in [7, 11) is 0. The molecule has 136 valence electrons. The van der Waals surface area contributed by atoms with Crippen LogP contribution in [0.4, 0.5) is 8.78 Å². The fraction of sp³-hybridized carbons (Fsp3) is 0.316. The zero-order valence-electron chi connectivity index (χ0n) is 13.9. The van der Waals surface area contributed by atoms with Crippen molar-refractivity contribution in [2.45, 2.75) is 18.4 Å². The van der Waals surface area contributed by atoms with Crippen molar-refractivity contribution in [1.82, 2.24) is 10.6 Å². The van der Waals surface area contributed by atoms with Crippen molar-refractivity contribution in [3.63, 3.8) is 0 Å². The molecule has 26 heavy (non-hydrogen) atoms. The Hall–Kier alpha value is -2.67. The first-order chi connectivity index (χ1) is 12.6. The van der Waals surface area contributed by atoms with Crippen molar-refractivity contribution in [2.75, 3.05) is 19.9 Å². The first kappa shape index (κ1) is 16.8. The van der Waals surface area contributed by atoms with Gasteiger partial charge in [-0.25, -0.2) is 8.78 Å². The van der Waals surface area contributed by atoms with E-state index in [9.17, 15) is 13.6 Å². The van der Waals surface area contributed by atoms with Gasteiger partial charge in [0.2, 0.25) is 6.79 Å². The summed E-state index contributed by atoms with van der Waals surface area (Å²) in [6, 6.07) is 8.70. The monoisotopic (exact) mass is 360 g/mol. The summed E-state index contributed by atoms with van der Waals surface area (Å²) >= 11 is 0. The molecule has 2 unspecified atom stereocenters. The van der Waals surface area contributed by atoms with Crippen LogP contribution >= 0.6 is 0 Å². The molecule has 0 spiro atoms. The minimum absolute atomic E-state index is 0.0932. The summed E-state index contributed by atoms with van der Waals surface area (Å²) in [5, 5.41) is 6.23. The number of nitrogens with one attached hydrogen (secondary N) is 2. The van der Waals surface area contributed by atoms with E-state index < -0.39 is 11.6 Å². The smallest absolute Gasteiger partial charge is 0.251 e. The highest BCUT2D eigenvalue weighted by Crippen LogP contribution is 2.33. The van der Waals surface area contributed by atoms with Crippen LogP contribution in [0.15, 0.2) is 36.4 Å². The van der Waals surface area contributed by atoms with Crippen molar-refractivity contribution in [3.8, 4) is 11.5 Å². The Kier molecular flexibility index (Phi) is 4.46. The third kappa shape index (κ3) is 3.22. The maximum Gasteiger partial charge on any atom is 0.251 e. The summed E-state index contributed by atoms with van der Waals surface area (Å²) in [5.41, 5.74) is 1.14. The molecule has 2 aliphatic heterocycles. The SMILES string of the molecule is O=C(NC1CNCCC1c1ccc(F)c(F)c1)c1ccc2c(c1)OCO2. The first-order valence-corrected chi connectivity index (χ1v) is 8.48. The number of carbonyl (C=O) groups excluding carboxylic acids is 1. The predicted octanol–water partition coefficient (Wildman–Crippen LogP) is 2.57. The van der Waals surface area contributed by atoms with Crippen LogP contribution in [0, 0.1) is 11.6 Å². The van der Waals surface area contributed by atoms with Crippen LogP contribution in [0.2, 0.25) is 0 Å². The number of benzene rings is 2. The second kappa shape index (κ2) is 6.92. The Morgan fingerprint density at radius 1 is 1.08 bits per heavy atom. The van der Waals surface area contributed by atoms with Crippen LogP contribution in [-0.4, -0.2) is 31.8 Å². The van der Waals surface area contributed by atoms with E-state index in [1.165, 1.54) is 6.07 Å². The lowest BCUT2D eigenvalue weighted by molar-refractivity contribution is 0.0924. The van der Waals surface area contributed by atoms with Gasteiger partial charge in [0.1, 0.15) is 0 Å². The van der Waals surface area contributed by atoms with Gasteiger partial charge in [-0.1, -0.05) is 6.07 Å². The van der Waals surface area contributed by atoms with E-state index in [1.54, 1.807) is 24.3 Å². The Labute approximate surface area is 149 Å². The molecule has 2 aromatic rings. The molecule has 0 saturated carbocycles. The minimum atomic E-state index is -0.873. The van der Waals surface area contributed by atoms with Gasteiger partial charge in [-0.05, 0) is 48.9 Å². The lowest BCUT2D eigenvalue weighted by Crippen LogP contribution is -2.50. The third-order valence-electron chi connectivity index (χ3n) is 4.81. The second-order valence-electron chi connectivity index (χ2n) is 6.42. The molecule has 1 fully saturated rings. The minimum Gasteiger partial charge on any atom is -0.454 e. The van der Waals surface area contributed by atoms with Gasteiger partial charge < -0.3 is 20.1 Å². The van der Waals surface area contributed by atoms with Crippen LogP contribution in [0.5, 0.6) is 11.5 Å². The molecular weight excluding hydrogens is 342 g/mol. The van der Waals surface area contributed by atoms with Crippen molar-refractivity contribution in [2.24, 2.45) is 0 Å². The maximum atomic E-state index is 13.6. The van der Waals surface area contributed by atoms with Gasteiger partial charge in [-0.2, -0.15) is 0 Å². The molecule has 2 atom stereocenters. The zero-order valence-corrected chi connectivity index (χ0v) is 13.9. The summed E-state index contributed by atoms with van der Waals surface area (Å²) in [6.45, 7) is 1.45. The Morgan fingerprint density at radius 3 is 2.77 bits per heavy atom. The molecule has 2 heterocycles. The Balaban J connectivity index is 1.53. The highest BCUT2D eigenvalue weighted by Gasteiger charge is 2.29. The van der Waals surface area contributed by atoms with E-state index in [-0.39, 0.29) is 24.7 Å². The molecular formula is C19H18F2N2O3. The molecule has 7 heteroatoms. The molecule has 0 aliphatic carbocycles. The average molecular weight is 360 g/mol. The van der Waals surface area contributed by atoms with Crippen molar-refractivity contribution >= 4 is 5.91 Å². The summed E-state index contributed by atoms with van der Waals surface area (Å²) < 4.78 is 37.4. The number of carbonyl (C=O) groups is 1. The third-order valence-corrected chi connectivity index (χ3v) is 4.81. The van der Waals surface area contributed by atoms with Crippen molar-refractivity contribution in [3.05, 3.63) is 59.2 Å². The standard InChI is InChI=1S/C19H18F2N2O3/c20-14-3-1-11(7-15(14)21)13-5-6-22-9-16(13)23-19(24)12-2-4-17-18(8-12)26-10-25-17/h1-4,7-8,13,16,22H,5-6,9-10H2,(H,23,24). The van der Waals surface area contributed by atoms with Crippen LogP contribution in [0.3, 0.4) is 0 Å². The highest BCUT2D eigenvalue weighted by molar-refractivity contribution is 5.95. The quantitative estimate of drug-likeness (QED) is 0.883. The normalized spacial score (nSPS) is 21.5. The van der Waals surface area contributed by atoms with Crippen LogP contribution in [0.25, 0.3) is 0 Å². The number of halogens is 2. The van der Waals surface area contributed by atoms with Crippen molar-refractivity contribution < 1.29 is 23.0 Å². The molecule has 2 aromatic carbocycles. The molecule has 1 amide bonds. The maximum absolute atomic E-state index is 13.6. The number of rotatable bonds is 3. The molecule has 2 N–H and O–H groups in total. The number of hydrogen-bond acceptors (Lipinski definition) is 4. The fourth-order valence-electron chi connectivity index (χ4n) is 3.44. The molecule has 0 radical (unpaired) electrons. The number of hydrogen-bond donors (Lipinski definition) is 2. The van der Waals surface area contributed by atoms with E-state index in [0.29, 0.717) is 29.2 Å². The van der Waals surface area contributed by atoms with Gasteiger partial charge >= 0.3 is 0 Å². The lowest BCUT2D eigenvalue weighted by atomic mass is 9.85. The van der Waals surface area contributed by atoms with Gasteiger partial charge in [0.05, 0.1) is 0 Å². The van der Waals surface area contributed by atoms with Gasteiger partial charge in [0, 0.05) is 24.1 Å². The van der Waals surface area contributed by atoms with E-state index in [4.69, 9.17) is 9.47 Å². The van der Waals surface area contributed by atoms with Crippen molar-refractivity contribution in [1.29, 1.82) is 0 Å². The molecule has 0 bridgehead atoms. The van der Waals surface area contributed by atoms with E-state index in [0.717, 1.165) is 19.0 Å². The predicted molar refractivity (Wildman–Crippen MR) is 90.4 cm³/mol. The second-order valence-corrected chi connectivity index (χ2v) is 6.42. The molecule has 0 aromatic heterocycles. The van der Waals surface area contributed by atoms with Crippen LogP contribution < -0.4 is 20.1 Å². The Morgan fingerprint density at radius 2 is 1.92 bits per heavy atom. The lowest BCUT2D eigenvalue weighted by Gasteiger charge is -2.33. The summed E-state index contributed by atoms with van der Waals surface area (Å²) in [4.78, 5) is 12.6. The Bertz CT molecular complexity index is 844. The van der Waals surface area contributed by atoms with Gasteiger partial charge in [0.15, 0.2) is 23.1 Å². The van der Waals surface area contributed by atoms with Gasteiger partial charge in [-0.3, -0.25) is 4.79 Å². The molecule has 2 aliphatic rings. The van der Waals surface area contributed by atoms with Crippen LogP contribution in [0.1, 0.15) is 28.3 Å². The van der Waals surface area contributed by atoms with Gasteiger partial charge in [0.25, 0.3) is 5.91 Å². The highest BCUT2D eigenvalue weighted by atomic mass is 19.2. The van der Waals surface area contributed by atoms with E-state index >= 15 is 0 Å². The molecule has 1 saturated heterocycles. The summed E-state index contributed by atoms with van der Waals surface area (Å²) in [5.74, 6) is -0.934. The first-order valence-electron chi connectivity index (χ1n) is 8.48. The fourth-order valence-corrected chi connectivity index (χ4v) is 3.44. The number of piperidine rings is 1. The number of amides is 1. The topological polar surface area (TPSA) is 59.6 Å². The largest absolute Gasteiger partial charge is 0.454 e. The van der Waals surface area contributed by atoms with E-state index in [2.05, 4.69) is 10.6 Å². The molecule has 4 rings (SSSR count). The molecule has 5 nitrogen and oxygen atoms in total. The summed E-state index contributed by atoms with van der Waals surface area (Å²) in [6.07, 6.45) is 0.719. The van der Waals surface area contributed by atoms with Gasteiger partial charge in [-0.15, -0.1) is 0 Å².